The molecular formula is C11H13N3OS. The number of nitrogens with zero attached hydrogens (tertiary/aromatic N) is 2. The number of pyridine rings is 1. The molecule has 0 saturated carbocycles. The van der Waals surface area contributed by atoms with Gasteiger partial charge in [-0.3, -0.25) is 0 Å². The van der Waals surface area contributed by atoms with E-state index in [9.17, 15) is 0 Å². The van der Waals surface area contributed by atoms with E-state index in [-0.39, 0.29) is 6.10 Å². The number of hydrogen-bond donors (Lipinski definition) is 1. The number of ether oxygens (including phenoxy) is 1. The van der Waals surface area contributed by atoms with Gasteiger partial charge in [-0.05, 0) is 19.1 Å². The summed E-state index contributed by atoms with van der Waals surface area (Å²) in [6.45, 7) is 3.08. The second-order valence-electron chi connectivity index (χ2n) is 4.09. The Kier molecular flexibility index (Phi) is 2.49. The van der Waals surface area contributed by atoms with Crippen molar-refractivity contribution in [2.75, 3.05) is 6.54 Å². The quantitative estimate of drug-likeness (QED) is 0.862. The summed E-state index contributed by atoms with van der Waals surface area (Å²) in [5.74, 6) is 0. The molecule has 0 radical (unpaired) electrons. The topological polar surface area (TPSA) is 47.0 Å². The van der Waals surface area contributed by atoms with Crippen LogP contribution in [0.3, 0.4) is 0 Å². The van der Waals surface area contributed by atoms with Gasteiger partial charge >= 0.3 is 0 Å². The third kappa shape index (κ3) is 1.88. The molecule has 4 nitrogen and oxygen atoms in total. The SMILES string of the molecule is C[C@H]1C[C@@H](Oc2nc3ncccc3s2)CN1. The molecule has 1 saturated heterocycles. The van der Waals surface area contributed by atoms with Crippen molar-refractivity contribution in [1.29, 1.82) is 0 Å². The van der Waals surface area contributed by atoms with Gasteiger partial charge < -0.3 is 10.1 Å². The van der Waals surface area contributed by atoms with Crippen molar-refractivity contribution in [3.63, 3.8) is 0 Å². The van der Waals surface area contributed by atoms with Gasteiger partial charge in [0.2, 0.25) is 0 Å². The minimum atomic E-state index is 0.246. The first-order valence-corrected chi connectivity index (χ1v) is 6.24. The third-order valence-corrected chi connectivity index (χ3v) is 3.62. The molecule has 84 valence electrons. The van der Waals surface area contributed by atoms with Crippen molar-refractivity contribution in [3.05, 3.63) is 18.3 Å². The van der Waals surface area contributed by atoms with Gasteiger partial charge in [-0.2, -0.15) is 4.98 Å². The van der Waals surface area contributed by atoms with Crippen molar-refractivity contribution < 1.29 is 4.74 Å². The highest BCUT2D eigenvalue weighted by Gasteiger charge is 2.23. The molecule has 1 fully saturated rings. The normalized spacial score (nSPS) is 25.1. The maximum Gasteiger partial charge on any atom is 0.276 e. The van der Waals surface area contributed by atoms with E-state index in [1.54, 1.807) is 17.5 Å². The van der Waals surface area contributed by atoms with Crippen LogP contribution in [0.2, 0.25) is 0 Å². The van der Waals surface area contributed by atoms with Crippen LogP contribution >= 0.6 is 11.3 Å². The van der Waals surface area contributed by atoms with Gasteiger partial charge in [-0.15, -0.1) is 0 Å². The summed E-state index contributed by atoms with van der Waals surface area (Å²) in [6.07, 6.45) is 3.05. The summed E-state index contributed by atoms with van der Waals surface area (Å²) >= 11 is 1.56. The van der Waals surface area contributed by atoms with Gasteiger partial charge in [0.15, 0.2) is 5.65 Å². The van der Waals surface area contributed by atoms with Crippen LogP contribution in [0.5, 0.6) is 5.19 Å². The Morgan fingerprint density at radius 2 is 2.50 bits per heavy atom. The molecule has 3 heterocycles. The highest BCUT2D eigenvalue weighted by molar-refractivity contribution is 7.20. The van der Waals surface area contributed by atoms with Crippen LogP contribution in [0.25, 0.3) is 10.3 Å². The van der Waals surface area contributed by atoms with E-state index in [0.29, 0.717) is 6.04 Å². The molecule has 1 N–H and O–H groups in total. The predicted octanol–water partition coefficient (Wildman–Crippen LogP) is 1.82. The Morgan fingerprint density at radius 3 is 3.25 bits per heavy atom. The van der Waals surface area contributed by atoms with E-state index in [0.717, 1.165) is 28.5 Å². The lowest BCUT2D eigenvalue weighted by atomic mass is 10.2. The first kappa shape index (κ1) is 9.99. The molecule has 0 amide bonds. The predicted molar refractivity (Wildman–Crippen MR) is 63.9 cm³/mol. The fraction of sp³-hybridized carbons (Fsp3) is 0.455. The van der Waals surface area contributed by atoms with E-state index in [1.807, 2.05) is 12.1 Å². The van der Waals surface area contributed by atoms with Crippen LogP contribution in [0.1, 0.15) is 13.3 Å². The zero-order valence-corrected chi connectivity index (χ0v) is 9.83. The smallest absolute Gasteiger partial charge is 0.276 e. The number of aromatic nitrogens is 2. The fourth-order valence-corrected chi connectivity index (χ4v) is 2.77. The molecule has 16 heavy (non-hydrogen) atoms. The fourth-order valence-electron chi connectivity index (χ4n) is 1.93. The summed E-state index contributed by atoms with van der Waals surface area (Å²) in [4.78, 5) is 8.55. The second kappa shape index (κ2) is 3.99. The van der Waals surface area contributed by atoms with Crippen molar-refractivity contribution in [3.8, 4) is 5.19 Å². The Balaban J connectivity index is 1.79. The van der Waals surface area contributed by atoms with Crippen molar-refractivity contribution in [1.82, 2.24) is 15.3 Å². The van der Waals surface area contributed by atoms with Crippen molar-refractivity contribution in [2.24, 2.45) is 0 Å². The van der Waals surface area contributed by atoms with E-state index in [2.05, 4.69) is 22.2 Å². The Labute approximate surface area is 97.7 Å². The first-order valence-electron chi connectivity index (χ1n) is 5.43. The van der Waals surface area contributed by atoms with Crippen molar-refractivity contribution in [2.45, 2.75) is 25.5 Å². The largest absolute Gasteiger partial charge is 0.465 e. The standard InChI is InChI=1S/C11H13N3OS/c1-7-5-8(6-13-7)15-11-14-10-9(16-11)3-2-4-12-10/h2-4,7-8,13H,5-6H2,1H3/t7-,8+/m0/s1. The van der Waals surface area contributed by atoms with Crippen LogP contribution in [0.15, 0.2) is 18.3 Å². The summed E-state index contributed by atoms with van der Waals surface area (Å²) in [5.41, 5.74) is 0.779. The van der Waals surface area contributed by atoms with E-state index in [4.69, 9.17) is 4.74 Å². The molecule has 0 bridgehead atoms. The minimum absolute atomic E-state index is 0.246. The van der Waals surface area contributed by atoms with Gasteiger partial charge in [0.25, 0.3) is 5.19 Å². The summed E-state index contributed by atoms with van der Waals surface area (Å²) in [7, 11) is 0. The Hall–Kier alpha value is -1.20. The molecule has 0 aliphatic carbocycles. The van der Waals surface area contributed by atoms with Crippen LogP contribution in [-0.4, -0.2) is 28.7 Å². The van der Waals surface area contributed by atoms with Gasteiger partial charge in [0, 0.05) is 25.2 Å². The van der Waals surface area contributed by atoms with Crippen LogP contribution in [0, 0.1) is 0 Å². The Morgan fingerprint density at radius 1 is 1.56 bits per heavy atom. The number of hydrogen-bond acceptors (Lipinski definition) is 5. The second-order valence-corrected chi connectivity index (χ2v) is 5.08. The highest BCUT2D eigenvalue weighted by Crippen LogP contribution is 2.27. The molecule has 2 aromatic rings. The molecule has 3 rings (SSSR count). The zero-order chi connectivity index (χ0) is 11.0. The number of nitrogens with one attached hydrogen (secondary N) is 1. The molecule has 1 aliphatic rings. The van der Waals surface area contributed by atoms with E-state index in [1.165, 1.54) is 0 Å². The maximum absolute atomic E-state index is 5.84. The minimum Gasteiger partial charge on any atom is -0.465 e. The van der Waals surface area contributed by atoms with Gasteiger partial charge in [-0.25, -0.2) is 4.98 Å². The number of rotatable bonds is 2. The molecule has 0 aromatic carbocycles. The molecule has 2 atom stereocenters. The number of thiazole rings is 1. The highest BCUT2D eigenvalue weighted by atomic mass is 32.1. The lowest BCUT2D eigenvalue weighted by molar-refractivity contribution is 0.220. The van der Waals surface area contributed by atoms with Crippen LogP contribution < -0.4 is 10.1 Å². The summed E-state index contributed by atoms with van der Waals surface area (Å²) in [6, 6.07) is 4.48. The van der Waals surface area contributed by atoms with Gasteiger partial charge in [-0.1, -0.05) is 11.3 Å². The van der Waals surface area contributed by atoms with Crippen LogP contribution in [0.4, 0.5) is 0 Å². The molecule has 1 aliphatic heterocycles. The van der Waals surface area contributed by atoms with Gasteiger partial charge in [0.05, 0.1) is 4.70 Å². The van der Waals surface area contributed by atoms with Crippen LogP contribution in [-0.2, 0) is 0 Å². The average Bonchev–Trinajstić information content (AvgIpc) is 2.84. The van der Waals surface area contributed by atoms with E-state index >= 15 is 0 Å². The molecular weight excluding hydrogens is 222 g/mol. The lowest BCUT2D eigenvalue weighted by Gasteiger charge is -2.08. The first-order chi connectivity index (χ1) is 7.81. The zero-order valence-electron chi connectivity index (χ0n) is 9.01. The van der Waals surface area contributed by atoms with Crippen molar-refractivity contribution >= 4 is 21.7 Å². The lowest BCUT2D eigenvalue weighted by Crippen LogP contribution is -2.20. The van der Waals surface area contributed by atoms with E-state index < -0.39 is 0 Å². The molecule has 0 unspecified atom stereocenters. The monoisotopic (exact) mass is 235 g/mol. The average molecular weight is 235 g/mol. The maximum atomic E-state index is 5.84. The molecule has 2 aromatic heterocycles. The number of fused-ring (bicyclic) bond motifs is 1. The summed E-state index contributed by atoms with van der Waals surface area (Å²) < 4.78 is 6.92. The Bertz CT molecular complexity index is 466. The molecule has 5 heteroatoms. The summed E-state index contributed by atoms with van der Waals surface area (Å²) in [5, 5.41) is 4.09. The van der Waals surface area contributed by atoms with Gasteiger partial charge in [0.1, 0.15) is 6.10 Å². The third-order valence-electron chi connectivity index (χ3n) is 2.72. The molecule has 0 spiro atoms.